The number of nitrogens with zero attached hydrogens (tertiary/aromatic N) is 1. The highest BCUT2D eigenvalue weighted by Crippen LogP contribution is 2.27. The van der Waals surface area contributed by atoms with Crippen molar-refractivity contribution in [3.8, 4) is 0 Å². The molecule has 0 fully saturated rings. The molecule has 138 valence electrons. The molecule has 0 spiro atoms. The summed E-state index contributed by atoms with van der Waals surface area (Å²) in [6.45, 7) is 0. The number of hydrogen-bond acceptors (Lipinski definition) is 4. The van der Waals surface area contributed by atoms with Crippen molar-refractivity contribution in [2.45, 2.75) is 38.5 Å². The number of hydrogen-bond donors (Lipinski definition) is 1. The van der Waals surface area contributed by atoms with Gasteiger partial charge in [0.15, 0.2) is 10.9 Å². The highest BCUT2D eigenvalue weighted by molar-refractivity contribution is 7.22. The SMILES string of the molecule is O=C(CCC(=O)c1ccc2c(c1)CCCC2)Nc1nc2ccc(F)cc2s1. The Balaban J connectivity index is 1.36. The number of carbonyl (C=O) groups is 2. The van der Waals surface area contributed by atoms with E-state index in [-0.39, 0.29) is 30.3 Å². The number of amides is 1. The molecular formula is C21H19FN2O2S. The number of rotatable bonds is 5. The fourth-order valence-corrected chi connectivity index (χ4v) is 4.32. The summed E-state index contributed by atoms with van der Waals surface area (Å²) in [7, 11) is 0. The molecule has 0 radical (unpaired) electrons. The smallest absolute Gasteiger partial charge is 0.226 e. The Hall–Kier alpha value is -2.60. The van der Waals surface area contributed by atoms with Crippen LogP contribution in [-0.4, -0.2) is 16.7 Å². The number of benzene rings is 2. The maximum absolute atomic E-state index is 13.2. The van der Waals surface area contributed by atoms with E-state index >= 15 is 0 Å². The second-order valence-corrected chi connectivity index (χ2v) is 7.82. The van der Waals surface area contributed by atoms with Crippen LogP contribution in [0.5, 0.6) is 0 Å². The van der Waals surface area contributed by atoms with Gasteiger partial charge in [-0.1, -0.05) is 23.5 Å². The average molecular weight is 382 g/mol. The third-order valence-corrected chi connectivity index (χ3v) is 5.78. The second-order valence-electron chi connectivity index (χ2n) is 6.79. The molecule has 0 atom stereocenters. The zero-order valence-corrected chi connectivity index (χ0v) is 15.6. The van der Waals surface area contributed by atoms with E-state index in [1.807, 2.05) is 18.2 Å². The first-order valence-electron chi connectivity index (χ1n) is 9.09. The van der Waals surface area contributed by atoms with Gasteiger partial charge in [0.05, 0.1) is 10.2 Å². The zero-order chi connectivity index (χ0) is 18.8. The standard InChI is InChI=1S/C21H19FN2O2S/c22-16-7-8-17-19(12-16)27-21(23-17)24-20(26)10-9-18(25)15-6-5-13-3-1-2-4-14(13)11-15/h5-8,11-12H,1-4,9-10H2,(H,23,24,26). The highest BCUT2D eigenvalue weighted by atomic mass is 32.1. The van der Waals surface area contributed by atoms with E-state index in [1.165, 1.54) is 47.4 Å². The van der Waals surface area contributed by atoms with Crippen LogP contribution in [0.25, 0.3) is 10.2 Å². The Bertz CT molecular complexity index is 1030. The maximum Gasteiger partial charge on any atom is 0.226 e. The summed E-state index contributed by atoms with van der Waals surface area (Å²) in [6.07, 6.45) is 4.73. The van der Waals surface area contributed by atoms with E-state index in [4.69, 9.17) is 0 Å². The van der Waals surface area contributed by atoms with E-state index in [0.717, 1.165) is 12.8 Å². The van der Waals surface area contributed by atoms with Crippen LogP contribution >= 0.6 is 11.3 Å². The van der Waals surface area contributed by atoms with Gasteiger partial charge in [0, 0.05) is 18.4 Å². The van der Waals surface area contributed by atoms with Crippen molar-refractivity contribution in [2.24, 2.45) is 0 Å². The lowest BCUT2D eigenvalue weighted by Gasteiger charge is -2.16. The number of ketones is 1. The second kappa shape index (κ2) is 7.56. The number of nitrogens with one attached hydrogen (secondary N) is 1. The number of halogens is 1. The first-order valence-corrected chi connectivity index (χ1v) is 9.91. The van der Waals surface area contributed by atoms with Gasteiger partial charge in [-0.25, -0.2) is 9.37 Å². The lowest BCUT2D eigenvalue weighted by molar-refractivity contribution is -0.116. The molecule has 27 heavy (non-hydrogen) atoms. The van der Waals surface area contributed by atoms with Crippen LogP contribution in [0.2, 0.25) is 0 Å². The van der Waals surface area contributed by atoms with Crippen molar-refractivity contribution < 1.29 is 14.0 Å². The monoisotopic (exact) mass is 382 g/mol. The predicted molar refractivity (Wildman–Crippen MR) is 105 cm³/mol. The Morgan fingerprint density at radius 1 is 1.04 bits per heavy atom. The van der Waals surface area contributed by atoms with Gasteiger partial charge < -0.3 is 5.32 Å². The molecule has 1 aliphatic rings. The fraction of sp³-hybridized carbons (Fsp3) is 0.286. The van der Waals surface area contributed by atoms with E-state index in [1.54, 1.807) is 6.07 Å². The van der Waals surface area contributed by atoms with Crippen LogP contribution in [0.15, 0.2) is 36.4 Å². The molecule has 0 saturated heterocycles. The minimum Gasteiger partial charge on any atom is -0.302 e. The quantitative estimate of drug-likeness (QED) is 0.638. The predicted octanol–water partition coefficient (Wildman–Crippen LogP) is 4.92. The van der Waals surface area contributed by atoms with Crippen LogP contribution in [0.3, 0.4) is 0 Å². The molecule has 4 rings (SSSR count). The average Bonchev–Trinajstić information content (AvgIpc) is 3.06. The Morgan fingerprint density at radius 3 is 2.70 bits per heavy atom. The van der Waals surface area contributed by atoms with Gasteiger partial charge >= 0.3 is 0 Å². The number of Topliss-reactive ketones (excluding diaryl/α,β-unsaturated/α-hetero) is 1. The first kappa shape index (κ1) is 17.8. The molecule has 3 aromatic rings. The molecule has 1 N–H and O–H groups in total. The van der Waals surface area contributed by atoms with Crippen LogP contribution in [0.4, 0.5) is 9.52 Å². The van der Waals surface area contributed by atoms with Gasteiger partial charge in [-0.3, -0.25) is 9.59 Å². The van der Waals surface area contributed by atoms with Gasteiger partial charge in [0.25, 0.3) is 0 Å². The van der Waals surface area contributed by atoms with Gasteiger partial charge in [-0.15, -0.1) is 0 Å². The lowest BCUT2D eigenvalue weighted by Crippen LogP contribution is -2.13. The van der Waals surface area contributed by atoms with Crippen LogP contribution in [0, 0.1) is 5.82 Å². The lowest BCUT2D eigenvalue weighted by atomic mass is 9.89. The summed E-state index contributed by atoms with van der Waals surface area (Å²) in [5.41, 5.74) is 3.92. The molecule has 1 aromatic heterocycles. The number of aryl methyl sites for hydroxylation is 2. The van der Waals surface area contributed by atoms with E-state index < -0.39 is 0 Å². The zero-order valence-electron chi connectivity index (χ0n) is 14.8. The number of anilines is 1. The normalized spacial score (nSPS) is 13.4. The summed E-state index contributed by atoms with van der Waals surface area (Å²) in [5.74, 6) is -0.620. The van der Waals surface area contributed by atoms with E-state index in [2.05, 4.69) is 10.3 Å². The molecular weight excluding hydrogens is 363 g/mol. The van der Waals surface area contributed by atoms with E-state index in [0.29, 0.717) is 20.9 Å². The molecule has 2 aromatic carbocycles. The minimum absolute atomic E-state index is 0.0232. The summed E-state index contributed by atoms with van der Waals surface area (Å²) in [6, 6.07) is 10.2. The van der Waals surface area contributed by atoms with Crippen molar-refractivity contribution in [1.29, 1.82) is 0 Å². The molecule has 6 heteroatoms. The molecule has 0 aliphatic heterocycles. The van der Waals surface area contributed by atoms with E-state index in [9.17, 15) is 14.0 Å². The number of fused-ring (bicyclic) bond motifs is 2. The largest absolute Gasteiger partial charge is 0.302 e. The van der Waals surface area contributed by atoms with Crippen molar-refractivity contribution >= 4 is 38.4 Å². The van der Waals surface area contributed by atoms with Gasteiger partial charge in [-0.05, 0) is 61.1 Å². The first-order chi connectivity index (χ1) is 13.1. The Kier molecular flexibility index (Phi) is 4.99. The topological polar surface area (TPSA) is 59.1 Å². The molecule has 0 bridgehead atoms. The number of aromatic nitrogens is 1. The molecule has 1 heterocycles. The van der Waals surface area contributed by atoms with Crippen molar-refractivity contribution in [3.05, 3.63) is 58.9 Å². The third kappa shape index (κ3) is 4.06. The van der Waals surface area contributed by atoms with Gasteiger partial charge in [0.1, 0.15) is 5.82 Å². The van der Waals surface area contributed by atoms with Crippen molar-refractivity contribution in [3.63, 3.8) is 0 Å². The Labute approximate surface area is 160 Å². The number of carbonyl (C=O) groups excluding carboxylic acids is 2. The van der Waals surface area contributed by atoms with Crippen LogP contribution in [0.1, 0.15) is 47.2 Å². The summed E-state index contributed by atoms with van der Waals surface area (Å²) in [5, 5.41) is 3.12. The van der Waals surface area contributed by atoms with Crippen LogP contribution in [-0.2, 0) is 17.6 Å². The summed E-state index contributed by atoms with van der Waals surface area (Å²) in [4.78, 5) is 28.8. The van der Waals surface area contributed by atoms with Crippen molar-refractivity contribution in [2.75, 3.05) is 5.32 Å². The summed E-state index contributed by atoms with van der Waals surface area (Å²) < 4.78 is 13.9. The fourth-order valence-electron chi connectivity index (χ4n) is 3.41. The van der Waals surface area contributed by atoms with Crippen LogP contribution < -0.4 is 5.32 Å². The third-order valence-electron chi connectivity index (χ3n) is 4.85. The molecule has 4 nitrogen and oxygen atoms in total. The van der Waals surface area contributed by atoms with Crippen molar-refractivity contribution in [1.82, 2.24) is 4.98 Å². The van der Waals surface area contributed by atoms with Gasteiger partial charge in [-0.2, -0.15) is 0 Å². The molecule has 0 saturated carbocycles. The molecule has 0 unspecified atom stereocenters. The summed E-state index contributed by atoms with van der Waals surface area (Å²) >= 11 is 1.22. The maximum atomic E-state index is 13.2. The van der Waals surface area contributed by atoms with Gasteiger partial charge in [0.2, 0.25) is 5.91 Å². The Morgan fingerprint density at radius 2 is 1.85 bits per heavy atom. The minimum atomic E-state index is -0.334. The number of thiazole rings is 1. The molecule has 1 amide bonds. The molecule has 1 aliphatic carbocycles. The highest BCUT2D eigenvalue weighted by Gasteiger charge is 2.15.